The van der Waals surface area contributed by atoms with Crippen LogP contribution >= 0.6 is 0 Å². The summed E-state index contributed by atoms with van der Waals surface area (Å²) in [6.07, 6.45) is 27.3. The van der Waals surface area contributed by atoms with Crippen molar-refractivity contribution in [3.8, 4) is 0 Å². The summed E-state index contributed by atoms with van der Waals surface area (Å²) in [6, 6.07) is 0. The molecule has 0 amide bonds. The second-order valence-electron chi connectivity index (χ2n) is 12.7. The van der Waals surface area contributed by atoms with Crippen LogP contribution in [0, 0.1) is 17.8 Å². The number of carboxylic acids is 3. The van der Waals surface area contributed by atoms with Gasteiger partial charge in [0.05, 0.1) is 26.2 Å². The van der Waals surface area contributed by atoms with Crippen molar-refractivity contribution in [2.24, 2.45) is 17.8 Å². The molecule has 0 spiro atoms. The van der Waals surface area contributed by atoms with Crippen molar-refractivity contribution < 1.29 is 34.2 Å². The Labute approximate surface area is 251 Å². The predicted octanol–water partition coefficient (Wildman–Crippen LogP) is 8.56. The highest BCUT2D eigenvalue weighted by molar-refractivity contribution is 5.70. The number of unbranched alkanes of at least 4 members (excludes halogenated alkanes) is 16. The van der Waals surface area contributed by atoms with E-state index >= 15 is 0 Å². The molecule has 240 valence electrons. The highest BCUT2D eigenvalue weighted by Crippen LogP contribution is 2.22. The first-order valence-corrected chi connectivity index (χ1v) is 16.7. The molecule has 3 N–H and O–H groups in total. The van der Waals surface area contributed by atoms with E-state index in [2.05, 4.69) is 19.1 Å². The van der Waals surface area contributed by atoms with Crippen LogP contribution in [-0.2, 0) is 14.4 Å². The van der Waals surface area contributed by atoms with Gasteiger partial charge in [-0.15, -0.1) is 0 Å². The van der Waals surface area contributed by atoms with E-state index in [4.69, 9.17) is 0 Å². The molecule has 0 aromatic carbocycles. The van der Waals surface area contributed by atoms with Crippen LogP contribution < -0.4 is 0 Å². The molecule has 0 radical (unpaired) electrons. The zero-order valence-corrected chi connectivity index (χ0v) is 27.0. The molecule has 0 bridgehead atoms. The van der Waals surface area contributed by atoms with Crippen LogP contribution in [0.3, 0.4) is 0 Å². The van der Waals surface area contributed by atoms with Gasteiger partial charge in [0, 0.05) is 0 Å². The molecule has 3 atom stereocenters. The predicted molar refractivity (Wildman–Crippen MR) is 168 cm³/mol. The number of hydrogen-bond acceptors (Lipinski definition) is 3. The maximum atomic E-state index is 11.6. The van der Waals surface area contributed by atoms with Crippen molar-refractivity contribution in [3.05, 3.63) is 12.2 Å². The summed E-state index contributed by atoms with van der Waals surface area (Å²) >= 11 is 0. The van der Waals surface area contributed by atoms with Gasteiger partial charge in [-0.2, -0.15) is 0 Å². The van der Waals surface area contributed by atoms with Gasteiger partial charge in [-0.1, -0.05) is 103 Å². The second kappa shape index (κ2) is 24.7. The zero-order chi connectivity index (χ0) is 30.9. The molecule has 0 saturated carbocycles. The number of allylic oxidation sites excluding steroid dienone is 2. The second-order valence-corrected chi connectivity index (χ2v) is 12.7. The van der Waals surface area contributed by atoms with Crippen LogP contribution in [0.4, 0.5) is 0 Å². The van der Waals surface area contributed by atoms with E-state index in [1.54, 1.807) is 20.8 Å². The Hall–Kier alpha value is -1.89. The van der Waals surface area contributed by atoms with Crippen LogP contribution in [0.15, 0.2) is 12.2 Å². The van der Waals surface area contributed by atoms with Crippen LogP contribution in [0.2, 0.25) is 0 Å². The average Bonchev–Trinajstić information content (AvgIpc) is 2.91. The topological polar surface area (TPSA) is 112 Å². The smallest absolute Gasteiger partial charge is 0.311 e. The van der Waals surface area contributed by atoms with Crippen molar-refractivity contribution in [2.45, 2.75) is 143 Å². The third-order valence-electron chi connectivity index (χ3n) is 8.39. The summed E-state index contributed by atoms with van der Waals surface area (Å²) in [7, 11) is 0. The zero-order valence-electron chi connectivity index (χ0n) is 27.0. The van der Waals surface area contributed by atoms with E-state index in [1.807, 2.05) is 0 Å². The number of quaternary nitrogens is 1. The van der Waals surface area contributed by atoms with Gasteiger partial charge in [0.2, 0.25) is 0 Å². The van der Waals surface area contributed by atoms with E-state index in [9.17, 15) is 29.7 Å². The lowest BCUT2D eigenvalue weighted by molar-refractivity contribution is -0.934. The molecule has 0 aliphatic heterocycles. The first-order valence-electron chi connectivity index (χ1n) is 16.7. The van der Waals surface area contributed by atoms with E-state index in [-0.39, 0.29) is 24.1 Å². The molecule has 0 aliphatic carbocycles. The minimum absolute atomic E-state index is 0.206. The molecule has 7 nitrogen and oxygen atoms in total. The quantitative estimate of drug-likeness (QED) is 0.0463. The van der Waals surface area contributed by atoms with E-state index < -0.39 is 35.7 Å². The Morgan fingerprint density at radius 3 is 1.12 bits per heavy atom. The van der Waals surface area contributed by atoms with Gasteiger partial charge in [-0.05, 0) is 52.9 Å². The molecule has 0 rings (SSSR count). The molecule has 0 saturated heterocycles. The highest BCUT2D eigenvalue weighted by atomic mass is 16.4. The normalized spacial score (nSPS) is 15.4. The van der Waals surface area contributed by atoms with E-state index in [1.165, 1.54) is 89.9 Å². The first-order chi connectivity index (χ1) is 19.5. The molecule has 7 heteroatoms. The van der Waals surface area contributed by atoms with E-state index in [0.717, 1.165) is 25.7 Å². The van der Waals surface area contributed by atoms with Gasteiger partial charge in [-0.3, -0.25) is 14.4 Å². The number of hydrogen-bond donors (Lipinski definition) is 3. The minimum atomic E-state index is -0.940. The number of nitrogens with zero attached hydrogens (tertiary/aromatic N) is 1. The van der Waals surface area contributed by atoms with Gasteiger partial charge in [0.25, 0.3) is 0 Å². The Kier molecular flexibility index (Phi) is 23.5. The molecule has 0 aromatic heterocycles. The Morgan fingerprint density at radius 1 is 0.512 bits per heavy atom. The highest BCUT2D eigenvalue weighted by Gasteiger charge is 2.38. The summed E-state index contributed by atoms with van der Waals surface area (Å²) in [5.41, 5.74) is 0. The van der Waals surface area contributed by atoms with Crippen molar-refractivity contribution in [3.63, 3.8) is 0 Å². The Morgan fingerprint density at radius 2 is 0.805 bits per heavy atom. The molecule has 0 aromatic rings. The van der Waals surface area contributed by atoms with Crippen molar-refractivity contribution in [1.29, 1.82) is 0 Å². The van der Waals surface area contributed by atoms with Crippen LogP contribution in [0.25, 0.3) is 0 Å². The summed E-state index contributed by atoms with van der Waals surface area (Å²) in [4.78, 5) is 34.9. The third kappa shape index (κ3) is 21.5. The first kappa shape index (κ1) is 39.1. The minimum Gasteiger partial charge on any atom is -0.481 e. The fraction of sp³-hybridized carbons (Fsp3) is 0.853. The summed E-state index contributed by atoms with van der Waals surface area (Å²) < 4.78 is 0.206. The molecular weight excluding hydrogens is 518 g/mol. The fourth-order valence-electron chi connectivity index (χ4n) is 5.88. The van der Waals surface area contributed by atoms with Gasteiger partial charge >= 0.3 is 17.9 Å². The SMILES string of the molecule is CCCCCCCCCCCCCCCC/C=C/CCCC[N+](CC(C)C(=O)O)(CC(C)C(=O)O)CC(C)C(=O)O. The standard InChI is InChI=1S/C34H63NO6/c1-5-6-7-8-9-10-11-12-13-14-15-16-17-18-19-20-21-22-23-24-25-35(26-29(2)32(36)37,27-30(3)33(38)39)28-31(4)34(40)41/h20-21,29-31H,5-19,22-28H2,1-4H3,(H2-,36,37,38,39,40,41)/p+1/b21-20+. The van der Waals surface area contributed by atoms with Gasteiger partial charge in [-0.25, -0.2) is 0 Å². The summed E-state index contributed by atoms with van der Waals surface area (Å²) in [5.74, 6) is -4.86. The van der Waals surface area contributed by atoms with Crippen molar-refractivity contribution >= 4 is 17.9 Å². The lowest BCUT2D eigenvalue weighted by Crippen LogP contribution is -2.57. The van der Waals surface area contributed by atoms with E-state index in [0.29, 0.717) is 6.54 Å². The molecular formula is C34H64NO6+. The van der Waals surface area contributed by atoms with Crippen molar-refractivity contribution in [1.82, 2.24) is 0 Å². The number of aliphatic carboxylic acids is 3. The van der Waals surface area contributed by atoms with Gasteiger partial charge in [0.15, 0.2) is 0 Å². The lowest BCUT2D eigenvalue weighted by Gasteiger charge is -2.42. The van der Waals surface area contributed by atoms with Crippen LogP contribution in [0.5, 0.6) is 0 Å². The lowest BCUT2D eigenvalue weighted by atomic mass is 10.0. The number of carboxylic acid groups (broad SMARTS) is 3. The maximum Gasteiger partial charge on any atom is 0.311 e. The summed E-state index contributed by atoms with van der Waals surface area (Å²) in [5, 5.41) is 28.6. The Bertz CT molecular complexity index is 667. The number of carbonyl (C=O) groups is 3. The number of rotatable bonds is 29. The van der Waals surface area contributed by atoms with Gasteiger partial charge in [0.1, 0.15) is 17.8 Å². The molecule has 41 heavy (non-hydrogen) atoms. The largest absolute Gasteiger partial charge is 0.481 e. The average molecular weight is 583 g/mol. The van der Waals surface area contributed by atoms with Gasteiger partial charge < -0.3 is 19.8 Å². The molecule has 0 heterocycles. The van der Waals surface area contributed by atoms with Crippen molar-refractivity contribution in [2.75, 3.05) is 26.2 Å². The third-order valence-corrected chi connectivity index (χ3v) is 8.39. The van der Waals surface area contributed by atoms with Crippen LogP contribution in [0.1, 0.15) is 143 Å². The molecule has 3 unspecified atom stereocenters. The molecule has 0 fully saturated rings. The maximum absolute atomic E-state index is 11.6. The Balaban J connectivity index is 4.30. The van der Waals surface area contributed by atoms with Crippen LogP contribution in [-0.4, -0.2) is 63.9 Å². The fourth-order valence-corrected chi connectivity index (χ4v) is 5.88. The summed E-state index contributed by atoms with van der Waals surface area (Å²) in [6.45, 7) is 8.41. The molecule has 0 aliphatic rings. The monoisotopic (exact) mass is 582 g/mol.